The molecule has 2 aromatic carbocycles. The molecule has 0 aliphatic carbocycles. The second-order valence-corrected chi connectivity index (χ2v) is 11.6. The Labute approximate surface area is 198 Å². The summed E-state index contributed by atoms with van der Waals surface area (Å²) in [6.45, 7) is 6.52. The summed E-state index contributed by atoms with van der Waals surface area (Å²) in [5, 5.41) is 2.95. The predicted molar refractivity (Wildman–Crippen MR) is 132 cm³/mol. The van der Waals surface area contributed by atoms with Gasteiger partial charge in [-0.15, -0.1) is 0 Å². The van der Waals surface area contributed by atoms with Crippen molar-refractivity contribution in [2.75, 3.05) is 18.4 Å². The van der Waals surface area contributed by atoms with Crippen molar-refractivity contribution in [3.63, 3.8) is 0 Å². The molecule has 176 valence electrons. The Morgan fingerprint density at radius 3 is 2.39 bits per heavy atom. The number of anilines is 1. The van der Waals surface area contributed by atoms with Crippen molar-refractivity contribution >= 4 is 43.2 Å². The molecule has 1 amide bonds. The number of amides is 1. The van der Waals surface area contributed by atoms with E-state index in [-0.39, 0.29) is 40.7 Å². The lowest BCUT2D eigenvalue weighted by atomic mass is 9.97. The number of piperidine rings is 1. The molecule has 1 aliphatic heterocycles. The summed E-state index contributed by atoms with van der Waals surface area (Å²) in [7, 11) is -3.70. The van der Waals surface area contributed by atoms with E-state index in [1.165, 1.54) is 9.87 Å². The van der Waals surface area contributed by atoms with E-state index in [9.17, 15) is 18.0 Å². The van der Waals surface area contributed by atoms with Crippen molar-refractivity contribution in [1.29, 1.82) is 0 Å². The van der Waals surface area contributed by atoms with Gasteiger partial charge in [0.1, 0.15) is 0 Å². The smallest absolute Gasteiger partial charge is 0.308 e. The number of carbonyl (C=O) groups excluding carboxylic acids is 1. The summed E-state index contributed by atoms with van der Waals surface area (Å²) < 4.78 is 30.2. The van der Waals surface area contributed by atoms with Crippen LogP contribution in [0, 0.1) is 5.92 Å². The van der Waals surface area contributed by atoms with Crippen molar-refractivity contribution in [2.45, 2.75) is 51.0 Å². The van der Waals surface area contributed by atoms with E-state index in [1.54, 1.807) is 22.8 Å². The zero-order chi connectivity index (χ0) is 23.8. The molecule has 0 spiro atoms. The molecule has 2 heterocycles. The number of thiazole rings is 1. The van der Waals surface area contributed by atoms with Gasteiger partial charge >= 0.3 is 4.87 Å². The number of rotatable bonds is 6. The normalized spacial score (nSPS) is 15.9. The third kappa shape index (κ3) is 4.76. The lowest BCUT2D eigenvalue weighted by Crippen LogP contribution is -2.41. The largest absolute Gasteiger partial charge is 0.326 e. The number of carbonyl (C=O) groups is 1. The van der Waals surface area contributed by atoms with Gasteiger partial charge in [-0.25, -0.2) is 8.42 Å². The molecule has 7 nitrogen and oxygen atoms in total. The van der Waals surface area contributed by atoms with Crippen LogP contribution in [0.1, 0.15) is 45.2 Å². The fourth-order valence-corrected chi connectivity index (χ4v) is 6.87. The van der Waals surface area contributed by atoms with Gasteiger partial charge in [0.15, 0.2) is 0 Å². The molecule has 33 heavy (non-hydrogen) atoms. The van der Waals surface area contributed by atoms with E-state index in [1.807, 2.05) is 38.1 Å². The Balaban J connectivity index is 1.44. The van der Waals surface area contributed by atoms with Crippen LogP contribution in [-0.2, 0) is 21.2 Å². The maximum absolute atomic E-state index is 13.2. The van der Waals surface area contributed by atoms with Gasteiger partial charge in [0, 0.05) is 30.7 Å². The number of benzene rings is 2. The molecule has 1 aromatic heterocycles. The highest BCUT2D eigenvalue weighted by Gasteiger charge is 2.32. The van der Waals surface area contributed by atoms with Crippen molar-refractivity contribution in [3.8, 4) is 0 Å². The maximum atomic E-state index is 13.2. The molecule has 1 saturated heterocycles. The number of aryl methyl sites for hydroxylation is 1. The number of hydrogen-bond acceptors (Lipinski definition) is 5. The first-order chi connectivity index (χ1) is 15.7. The molecule has 3 aromatic rings. The second kappa shape index (κ2) is 9.40. The standard InChI is InChI=1S/C24H29N3O4S2/c1-4-17-5-7-19(8-6-17)25-23(28)18-11-13-26(14-12-18)33(30,31)20-9-10-21-22(15-20)32-24(29)27(21)16(2)3/h5-10,15-16,18H,4,11-14H2,1-3H3,(H,25,28). The van der Waals surface area contributed by atoms with E-state index in [4.69, 9.17) is 0 Å². The number of hydrogen-bond donors (Lipinski definition) is 1. The van der Waals surface area contributed by atoms with Crippen molar-refractivity contribution in [3.05, 3.63) is 57.7 Å². The van der Waals surface area contributed by atoms with Crippen LogP contribution in [-0.4, -0.2) is 36.3 Å². The highest BCUT2D eigenvalue weighted by molar-refractivity contribution is 7.89. The third-order valence-corrected chi connectivity index (χ3v) is 9.01. The predicted octanol–water partition coefficient (Wildman–Crippen LogP) is 4.25. The number of fused-ring (bicyclic) bond motifs is 1. The minimum Gasteiger partial charge on any atom is -0.326 e. The van der Waals surface area contributed by atoms with E-state index in [0.717, 1.165) is 29.0 Å². The quantitative estimate of drug-likeness (QED) is 0.563. The molecule has 0 bridgehead atoms. The van der Waals surface area contributed by atoms with Gasteiger partial charge in [-0.3, -0.25) is 14.2 Å². The molecule has 0 saturated carbocycles. The summed E-state index contributed by atoms with van der Waals surface area (Å²) in [5.74, 6) is -0.299. The zero-order valence-electron chi connectivity index (χ0n) is 19.1. The SMILES string of the molecule is CCc1ccc(NC(=O)C2CCN(S(=O)(=O)c3ccc4c(c3)sc(=O)n4C(C)C)CC2)cc1. The zero-order valence-corrected chi connectivity index (χ0v) is 20.7. The molecule has 0 unspecified atom stereocenters. The average molecular weight is 488 g/mol. The van der Waals surface area contributed by atoms with Crippen LogP contribution in [0.2, 0.25) is 0 Å². The van der Waals surface area contributed by atoms with Gasteiger partial charge in [0.2, 0.25) is 15.9 Å². The fraction of sp³-hybridized carbons (Fsp3) is 0.417. The Morgan fingerprint density at radius 1 is 1.12 bits per heavy atom. The van der Waals surface area contributed by atoms with Crippen molar-refractivity contribution in [2.24, 2.45) is 5.92 Å². The molecule has 0 radical (unpaired) electrons. The molecule has 0 atom stereocenters. The molecule has 1 fully saturated rings. The monoisotopic (exact) mass is 487 g/mol. The van der Waals surface area contributed by atoms with Crippen LogP contribution in [0.3, 0.4) is 0 Å². The summed E-state index contributed by atoms with van der Waals surface area (Å²) in [6, 6.07) is 12.7. The molecular formula is C24H29N3O4S2. The molecule has 1 N–H and O–H groups in total. The van der Waals surface area contributed by atoms with Crippen LogP contribution in [0.25, 0.3) is 10.2 Å². The van der Waals surface area contributed by atoms with Gasteiger partial charge in [-0.1, -0.05) is 30.4 Å². The summed E-state index contributed by atoms with van der Waals surface area (Å²) in [6.07, 6.45) is 1.88. The first kappa shape index (κ1) is 23.7. The van der Waals surface area contributed by atoms with Gasteiger partial charge in [-0.05, 0) is 69.0 Å². The highest BCUT2D eigenvalue weighted by atomic mass is 32.2. The minimum atomic E-state index is -3.70. The van der Waals surface area contributed by atoms with Crippen molar-refractivity contribution in [1.82, 2.24) is 8.87 Å². The van der Waals surface area contributed by atoms with Gasteiger partial charge in [0.05, 0.1) is 15.1 Å². The third-order valence-electron chi connectivity index (χ3n) is 6.19. The summed E-state index contributed by atoms with van der Waals surface area (Å²) in [4.78, 5) is 25.1. The van der Waals surface area contributed by atoms with Crippen LogP contribution in [0.5, 0.6) is 0 Å². The Morgan fingerprint density at radius 2 is 1.79 bits per heavy atom. The molecule has 9 heteroatoms. The second-order valence-electron chi connectivity index (χ2n) is 8.68. The van der Waals surface area contributed by atoms with Crippen molar-refractivity contribution < 1.29 is 13.2 Å². The highest BCUT2D eigenvalue weighted by Crippen LogP contribution is 2.28. The first-order valence-electron chi connectivity index (χ1n) is 11.3. The Hall–Kier alpha value is -2.49. The Bertz CT molecular complexity index is 1320. The maximum Gasteiger partial charge on any atom is 0.308 e. The van der Waals surface area contributed by atoms with Crippen LogP contribution < -0.4 is 10.2 Å². The topological polar surface area (TPSA) is 88.5 Å². The molecular weight excluding hydrogens is 458 g/mol. The van der Waals surface area contributed by atoms with E-state index in [2.05, 4.69) is 12.2 Å². The minimum absolute atomic E-state index is 0.00321. The first-order valence-corrected chi connectivity index (χ1v) is 13.5. The summed E-state index contributed by atoms with van der Waals surface area (Å²) in [5.41, 5.74) is 2.71. The van der Waals surface area contributed by atoms with E-state index in [0.29, 0.717) is 17.5 Å². The number of nitrogens with zero attached hydrogens (tertiary/aromatic N) is 2. The lowest BCUT2D eigenvalue weighted by molar-refractivity contribution is -0.120. The number of aromatic nitrogens is 1. The van der Waals surface area contributed by atoms with Crippen LogP contribution >= 0.6 is 11.3 Å². The Kier molecular flexibility index (Phi) is 6.74. The average Bonchev–Trinajstić information content (AvgIpc) is 3.14. The van der Waals surface area contributed by atoms with Gasteiger partial charge in [0.25, 0.3) is 0 Å². The lowest BCUT2D eigenvalue weighted by Gasteiger charge is -2.30. The fourth-order valence-electron chi connectivity index (χ4n) is 4.24. The molecule has 4 rings (SSSR count). The van der Waals surface area contributed by atoms with Gasteiger partial charge in [-0.2, -0.15) is 4.31 Å². The summed E-state index contributed by atoms with van der Waals surface area (Å²) >= 11 is 1.06. The number of sulfonamides is 1. The van der Waals surface area contributed by atoms with Crippen LogP contribution in [0.4, 0.5) is 5.69 Å². The van der Waals surface area contributed by atoms with E-state index >= 15 is 0 Å². The number of nitrogens with one attached hydrogen (secondary N) is 1. The van der Waals surface area contributed by atoms with E-state index < -0.39 is 10.0 Å². The van der Waals surface area contributed by atoms with Gasteiger partial charge < -0.3 is 5.32 Å². The van der Waals surface area contributed by atoms with Crippen LogP contribution in [0.15, 0.2) is 52.2 Å². The molecule has 1 aliphatic rings.